The largest absolute Gasteiger partial charge is 0.360 e. The van der Waals surface area contributed by atoms with Gasteiger partial charge >= 0.3 is 0 Å². The van der Waals surface area contributed by atoms with E-state index in [-0.39, 0.29) is 5.91 Å². The first-order valence-electron chi connectivity index (χ1n) is 12.9. The molecule has 1 aliphatic rings. The zero-order valence-corrected chi connectivity index (χ0v) is 23.5. The lowest BCUT2D eigenvalue weighted by molar-refractivity contribution is -0.111. The van der Waals surface area contributed by atoms with E-state index in [1.165, 1.54) is 17.4 Å². The van der Waals surface area contributed by atoms with Crippen molar-refractivity contribution >= 4 is 45.5 Å². The van der Waals surface area contributed by atoms with Crippen LogP contribution in [0.5, 0.6) is 0 Å². The average Bonchev–Trinajstić information content (AvgIpc) is 3.34. The normalized spacial score (nSPS) is 15.4. The standard InChI is InChI=1S/C29H32N8O2S/c1-20-19-40-28(31-20)34-27-30-16-22-18-36(17-21-9-5-4-6-10-21)29(39)37(26(22)33-27)24-12-7-11-23(15-24)32-25(38)13-8-14-35(2)3/h4-13,15-16,19,29,39H,14,17-18H2,1-3H3,(H,32,38)(H,30,31,33,34)/b13-8+. The number of carbonyl (C=O) groups is 1. The molecule has 0 aliphatic carbocycles. The van der Waals surface area contributed by atoms with E-state index in [0.717, 1.165) is 16.8 Å². The van der Waals surface area contributed by atoms with Crippen molar-refractivity contribution in [1.29, 1.82) is 0 Å². The van der Waals surface area contributed by atoms with E-state index >= 15 is 0 Å². The van der Waals surface area contributed by atoms with Crippen molar-refractivity contribution in [1.82, 2.24) is 24.8 Å². The highest BCUT2D eigenvalue weighted by molar-refractivity contribution is 7.13. The highest BCUT2D eigenvalue weighted by Crippen LogP contribution is 2.37. The number of aliphatic hydroxyl groups is 1. The van der Waals surface area contributed by atoms with Crippen molar-refractivity contribution in [2.75, 3.05) is 36.2 Å². The maximum atomic E-state index is 12.5. The Morgan fingerprint density at radius 3 is 2.75 bits per heavy atom. The zero-order chi connectivity index (χ0) is 28.1. The number of hydrogen-bond acceptors (Lipinski definition) is 10. The molecule has 3 N–H and O–H groups in total. The second kappa shape index (κ2) is 12.3. The molecule has 0 spiro atoms. The van der Waals surface area contributed by atoms with Crippen molar-refractivity contribution in [3.8, 4) is 0 Å². The molecule has 0 radical (unpaired) electrons. The first kappa shape index (κ1) is 27.4. The summed E-state index contributed by atoms with van der Waals surface area (Å²) >= 11 is 1.47. The lowest BCUT2D eigenvalue weighted by atomic mass is 10.1. The molecule has 4 aromatic rings. The number of nitrogens with one attached hydrogen (secondary N) is 2. The summed E-state index contributed by atoms with van der Waals surface area (Å²) in [6.45, 7) is 3.59. The molecule has 0 saturated carbocycles. The number of rotatable bonds is 9. The third-order valence-electron chi connectivity index (χ3n) is 6.20. The van der Waals surface area contributed by atoms with Gasteiger partial charge in [-0.3, -0.25) is 19.9 Å². The number of thiazole rings is 1. The minimum absolute atomic E-state index is 0.225. The van der Waals surface area contributed by atoms with Crippen LogP contribution in [0.15, 0.2) is 78.3 Å². The van der Waals surface area contributed by atoms with E-state index in [0.29, 0.717) is 47.9 Å². The van der Waals surface area contributed by atoms with Crippen LogP contribution in [0.3, 0.4) is 0 Å². The number of aliphatic hydroxyl groups excluding tert-OH is 1. The van der Waals surface area contributed by atoms with Crippen LogP contribution >= 0.6 is 11.3 Å². The molecular weight excluding hydrogens is 524 g/mol. The molecule has 11 heteroatoms. The lowest BCUT2D eigenvalue weighted by Gasteiger charge is -2.42. The van der Waals surface area contributed by atoms with Gasteiger partial charge in [0.05, 0.1) is 5.69 Å². The van der Waals surface area contributed by atoms with Crippen molar-refractivity contribution < 1.29 is 9.90 Å². The second-order valence-corrected chi connectivity index (χ2v) is 10.6. The SMILES string of the molecule is Cc1csc(Nc2ncc3c(n2)N(c2cccc(NC(=O)/C=C/CN(C)C)c2)C(O)N(Cc2ccccc2)C3)n1. The molecule has 2 aromatic carbocycles. The van der Waals surface area contributed by atoms with Crippen LogP contribution in [0, 0.1) is 6.92 Å². The van der Waals surface area contributed by atoms with Gasteiger partial charge in [0, 0.05) is 54.2 Å². The Labute approximate surface area is 237 Å². The van der Waals surface area contributed by atoms with Gasteiger partial charge in [-0.05, 0) is 44.8 Å². The van der Waals surface area contributed by atoms with E-state index in [9.17, 15) is 9.90 Å². The number of anilines is 5. The summed E-state index contributed by atoms with van der Waals surface area (Å²) < 4.78 is 0. The second-order valence-electron chi connectivity index (χ2n) is 9.77. The first-order chi connectivity index (χ1) is 19.4. The number of benzene rings is 2. The molecule has 2 aromatic heterocycles. The van der Waals surface area contributed by atoms with Gasteiger partial charge in [0.2, 0.25) is 11.9 Å². The highest BCUT2D eigenvalue weighted by Gasteiger charge is 2.34. The molecule has 0 bridgehead atoms. The topological polar surface area (TPSA) is 110 Å². The fourth-order valence-corrected chi connectivity index (χ4v) is 5.04. The molecule has 0 saturated heterocycles. The van der Waals surface area contributed by atoms with E-state index in [4.69, 9.17) is 4.98 Å². The van der Waals surface area contributed by atoms with Crippen LogP contribution in [0.1, 0.15) is 16.8 Å². The number of carbonyl (C=O) groups excluding carboxylic acids is 1. The molecule has 1 amide bonds. The van der Waals surface area contributed by atoms with Crippen LogP contribution in [-0.4, -0.2) is 62.8 Å². The highest BCUT2D eigenvalue weighted by atomic mass is 32.1. The third kappa shape index (κ3) is 6.69. The fraction of sp³-hybridized carbons (Fsp3) is 0.241. The van der Waals surface area contributed by atoms with Crippen molar-refractivity contribution in [3.63, 3.8) is 0 Å². The fourth-order valence-electron chi connectivity index (χ4n) is 4.36. The predicted octanol–water partition coefficient (Wildman–Crippen LogP) is 4.47. The van der Waals surface area contributed by atoms with Gasteiger partial charge in [0.15, 0.2) is 11.5 Å². The molecule has 1 aliphatic heterocycles. The zero-order valence-electron chi connectivity index (χ0n) is 22.7. The van der Waals surface area contributed by atoms with Crippen molar-refractivity contribution in [2.24, 2.45) is 0 Å². The Hall–Kier alpha value is -4.16. The number of aromatic nitrogens is 3. The summed E-state index contributed by atoms with van der Waals surface area (Å²) in [6.07, 6.45) is 4.10. The molecule has 5 rings (SSSR count). The van der Waals surface area contributed by atoms with Crippen molar-refractivity contribution in [2.45, 2.75) is 26.4 Å². The first-order valence-corrected chi connectivity index (χ1v) is 13.8. The van der Waals surface area contributed by atoms with Gasteiger partial charge in [-0.2, -0.15) is 4.98 Å². The van der Waals surface area contributed by atoms with Crippen LogP contribution < -0.4 is 15.5 Å². The molecule has 206 valence electrons. The third-order valence-corrected chi connectivity index (χ3v) is 7.07. The number of fused-ring (bicyclic) bond motifs is 1. The summed E-state index contributed by atoms with van der Waals surface area (Å²) in [4.78, 5) is 32.0. The number of amides is 1. The Balaban J connectivity index is 1.47. The summed E-state index contributed by atoms with van der Waals surface area (Å²) in [5, 5.41) is 20.4. The van der Waals surface area contributed by atoms with Crippen molar-refractivity contribution in [3.05, 3.63) is 95.1 Å². The van der Waals surface area contributed by atoms with Gasteiger partial charge in [-0.1, -0.05) is 42.5 Å². The molecule has 40 heavy (non-hydrogen) atoms. The minimum atomic E-state index is -1.01. The van der Waals surface area contributed by atoms with Crippen LogP contribution in [0.4, 0.5) is 28.3 Å². The average molecular weight is 557 g/mol. The number of nitrogens with zero attached hydrogens (tertiary/aromatic N) is 6. The molecule has 1 unspecified atom stereocenters. The van der Waals surface area contributed by atoms with Crippen LogP contribution in [0.25, 0.3) is 0 Å². The van der Waals surface area contributed by atoms with Crippen LogP contribution in [0.2, 0.25) is 0 Å². The monoisotopic (exact) mass is 556 g/mol. The molecule has 1 atom stereocenters. The maximum Gasteiger partial charge on any atom is 0.248 e. The number of aryl methyl sites for hydroxylation is 1. The van der Waals surface area contributed by atoms with E-state index in [1.807, 2.05) is 90.8 Å². The van der Waals surface area contributed by atoms with Gasteiger partial charge in [-0.15, -0.1) is 11.3 Å². The summed E-state index contributed by atoms with van der Waals surface area (Å²) in [6, 6.07) is 17.4. The van der Waals surface area contributed by atoms with Gasteiger partial charge in [0.25, 0.3) is 0 Å². The Bertz CT molecular complexity index is 1490. The molecular formula is C29H32N8O2S. The Morgan fingerprint density at radius 2 is 2.00 bits per heavy atom. The molecule has 0 fully saturated rings. The maximum absolute atomic E-state index is 12.5. The number of hydrogen-bond donors (Lipinski definition) is 3. The molecule has 3 heterocycles. The smallest absolute Gasteiger partial charge is 0.248 e. The Morgan fingerprint density at radius 1 is 1.18 bits per heavy atom. The van der Waals surface area contributed by atoms with Gasteiger partial charge in [0.1, 0.15) is 5.82 Å². The van der Waals surface area contributed by atoms with Gasteiger partial charge < -0.3 is 15.3 Å². The van der Waals surface area contributed by atoms with Gasteiger partial charge in [-0.25, -0.2) is 9.97 Å². The number of likely N-dealkylation sites (N-methyl/N-ethyl adjacent to an activating group) is 1. The van der Waals surface area contributed by atoms with E-state index < -0.39 is 6.35 Å². The lowest BCUT2D eigenvalue weighted by Crippen LogP contribution is -2.49. The summed E-state index contributed by atoms with van der Waals surface area (Å²) in [5.41, 5.74) is 4.14. The van der Waals surface area contributed by atoms with Crippen LogP contribution in [-0.2, 0) is 17.9 Å². The molecule has 10 nitrogen and oxygen atoms in total. The summed E-state index contributed by atoms with van der Waals surface area (Å²) in [7, 11) is 3.88. The quantitative estimate of drug-likeness (QED) is 0.257. The van der Waals surface area contributed by atoms with E-state index in [2.05, 4.69) is 20.6 Å². The van der Waals surface area contributed by atoms with E-state index in [1.54, 1.807) is 17.2 Å². The summed E-state index contributed by atoms with van der Waals surface area (Å²) in [5.74, 6) is 0.742. The Kier molecular flexibility index (Phi) is 8.46. The minimum Gasteiger partial charge on any atom is -0.360 e. The predicted molar refractivity (Wildman–Crippen MR) is 159 cm³/mol.